The minimum atomic E-state index is 0.260. The highest BCUT2D eigenvalue weighted by Crippen LogP contribution is 2.33. The molecule has 19 heavy (non-hydrogen) atoms. The first-order valence-electron chi connectivity index (χ1n) is 7.51. The Labute approximate surface area is 117 Å². The van der Waals surface area contributed by atoms with Crippen LogP contribution in [0.4, 0.5) is 0 Å². The van der Waals surface area contributed by atoms with Gasteiger partial charge in [-0.05, 0) is 74.6 Å². The molecule has 2 N–H and O–H groups in total. The normalized spacial score (nSPS) is 16.5. The van der Waals surface area contributed by atoms with Crippen molar-refractivity contribution in [1.29, 1.82) is 0 Å². The molecule has 1 saturated carbocycles. The third kappa shape index (κ3) is 3.50. The van der Waals surface area contributed by atoms with Gasteiger partial charge in [-0.15, -0.1) is 0 Å². The summed E-state index contributed by atoms with van der Waals surface area (Å²) in [6.07, 6.45) is 4.66. The number of benzene rings is 1. The lowest BCUT2D eigenvalue weighted by molar-refractivity contribution is 0.295. The van der Waals surface area contributed by atoms with E-state index in [2.05, 4.69) is 33.8 Å². The van der Waals surface area contributed by atoms with E-state index in [1.165, 1.54) is 35.1 Å². The van der Waals surface area contributed by atoms with Crippen LogP contribution in [0.2, 0.25) is 0 Å². The molecule has 0 amide bonds. The lowest BCUT2D eigenvalue weighted by atomic mass is 9.94. The highest BCUT2D eigenvalue weighted by molar-refractivity contribution is 5.49. The molecule has 1 aliphatic carbocycles. The first kappa shape index (κ1) is 14.4. The summed E-state index contributed by atoms with van der Waals surface area (Å²) in [6, 6.07) is 2.52. The van der Waals surface area contributed by atoms with Gasteiger partial charge in [0.05, 0.1) is 6.61 Å². The van der Waals surface area contributed by atoms with E-state index in [9.17, 15) is 0 Å². The molecule has 1 aromatic carbocycles. The van der Waals surface area contributed by atoms with Gasteiger partial charge in [-0.3, -0.25) is 0 Å². The molecule has 1 aliphatic rings. The van der Waals surface area contributed by atoms with E-state index in [0.29, 0.717) is 0 Å². The Hall–Kier alpha value is -1.02. The summed E-state index contributed by atoms with van der Waals surface area (Å²) in [4.78, 5) is 0. The minimum absolute atomic E-state index is 0.260. The van der Waals surface area contributed by atoms with Crippen LogP contribution in [-0.2, 0) is 6.42 Å². The number of nitrogens with two attached hydrogens (primary N) is 1. The topological polar surface area (TPSA) is 35.2 Å². The highest BCUT2D eigenvalue weighted by atomic mass is 16.5. The van der Waals surface area contributed by atoms with Crippen LogP contribution in [0.25, 0.3) is 0 Å². The van der Waals surface area contributed by atoms with Crippen LogP contribution in [0.1, 0.15) is 48.4 Å². The third-order valence-corrected chi connectivity index (χ3v) is 4.30. The first-order chi connectivity index (χ1) is 9.02. The molecular weight excluding hydrogens is 234 g/mol. The van der Waals surface area contributed by atoms with Gasteiger partial charge < -0.3 is 10.5 Å². The van der Waals surface area contributed by atoms with Crippen LogP contribution in [0.5, 0.6) is 5.75 Å². The maximum atomic E-state index is 6.09. The molecule has 1 aromatic rings. The van der Waals surface area contributed by atoms with Gasteiger partial charge in [0.1, 0.15) is 5.75 Å². The predicted molar refractivity (Wildman–Crippen MR) is 80.8 cm³/mol. The van der Waals surface area contributed by atoms with E-state index in [4.69, 9.17) is 10.5 Å². The summed E-state index contributed by atoms with van der Waals surface area (Å²) < 4.78 is 6.03. The van der Waals surface area contributed by atoms with E-state index < -0.39 is 0 Å². The van der Waals surface area contributed by atoms with Crippen molar-refractivity contribution >= 4 is 0 Å². The number of hydrogen-bond acceptors (Lipinski definition) is 2. The molecule has 0 aromatic heterocycles. The zero-order valence-electron chi connectivity index (χ0n) is 12.8. The zero-order valence-corrected chi connectivity index (χ0v) is 12.8. The second-order valence-corrected chi connectivity index (χ2v) is 6.06. The average molecular weight is 261 g/mol. The molecule has 0 spiro atoms. The van der Waals surface area contributed by atoms with Crippen LogP contribution < -0.4 is 10.5 Å². The molecule has 2 nitrogen and oxygen atoms in total. The molecule has 0 bridgehead atoms. The van der Waals surface area contributed by atoms with Gasteiger partial charge >= 0.3 is 0 Å². The fourth-order valence-electron chi connectivity index (χ4n) is 2.49. The molecule has 1 unspecified atom stereocenters. The number of aryl methyl sites for hydroxylation is 1. The molecule has 2 rings (SSSR count). The average Bonchev–Trinajstić information content (AvgIpc) is 3.19. The minimum Gasteiger partial charge on any atom is -0.493 e. The van der Waals surface area contributed by atoms with Crippen molar-refractivity contribution in [1.82, 2.24) is 0 Å². The Morgan fingerprint density at radius 3 is 2.53 bits per heavy atom. The largest absolute Gasteiger partial charge is 0.493 e. The Kier molecular flexibility index (Phi) is 4.51. The molecule has 1 atom stereocenters. The molecule has 106 valence electrons. The van der Waals surface area contributed by atoms with Crippen LogP contribution >= 0.6 is 0 Å². The van der Waals surface area contributed by atoms with Crippen molar-refractivity contribution in [2.45, 2.75) is 59.4 Å². The summed E-state index contributed by atoms with van der Waals surface area (Å²) in [7, 11) is 0. The molecule has 1 fully saturated rings. The van der Waals surface area contributed by atoms with Gasteiger partial charge in [-0.25, -0.2) is 0 Å². The van der Waals surface area contributed by atoms with Crippen molar-refractivity contribution in [2.75, 3.05) is 6.61 Å². The Morgan fingerprint density at radius 2 is 1.95 bits per heavy atom. The van der Waals surface area contributed by atoms with Gasteiger partial charge in [0.2, 0.25) is 0 Å². The quantitative estimate of drug-likeness (QED) is 0.847. The van der Waals surface area contributed by atoms with Crippen molar-refractivity contribution in [3.8, 4) is 5.75 Å². The van der Waals surface area contributed by atoms with E-state index in [0.717, 1.165) is 31.1 Å². The summed E-state index contributed by atoms with van der Waals surface area (Å²) >= 11 is 0. The van der Waals surface area contributed by atoms with Crippen LogP contribution in [-0.4, -0.2) is 12.6 Å². The molecule has 0 heterocycles. The monoisotopic (exact) mass is 261 g/mol. The number of rotatable bonds is 6. The predicted octanol–water partition coefficient (Wildman–Crippen LogP) is 3.68. The van der Waals surface area contributed by atoms with Crippen molar-refractivity contribution in [2.24, 2.45) is 11.7 Å². The first-order valence-corrected chi connectivity index (χ1v) is 7.51. The van der Waals surface area contributed by atoms with E-state index in [1.54, 1.807) is 0 Å². The number of ether oxygens (including phenoxy) is 1. The maximum absolute atomic E-state index is 6.09. The standard InChI is InChI=1S/C17H27NO/c1-5-16(18)9-15-8-11(2)17(13(4)12(15)3)19-10-14-6-7-14/h8,14,16H,5-7,9-10,18H2,1-4H3. The Balaban J connectivity index is 2.18. The third-order valence-electron chi connectivity index (χ3n) is 4.30. The van der Waals surface area contributed by atoms with Crippen molar-refractivity contribution in [3.05, 3.63) is 28.3 Å². The van der Waals surface area contributed by atoms with Crippen LogP contribution in [0.15, 0.2) is 6.07 Å². The second-order valence-electron chi connectivity index (χ2n) is 6.06. The number of hydrogen-bond donors (Lipinski definition) is 1. The van der Waals surface area contributed by atoms with Gasteiger partial charge in [-0.1, -0.05) is 13.0 Å². The Bertz CT molecular complexity index is 449. The maximum Gasteiger partial charge on any atom is 0.125 e. The van der Waals surface area contributed by atoms with E-state index >= 15 is 0 Å². The van der Waals surface area contributed by atoms with Gasteiger partial charge in [0.15, 0.2) is 0 Å². The van der Waals surface area contributed by atoms with Gasteiger partial charge in [0, 0.05) is 6.04 Å². The van der Waals surface area contributed by atoms with E-state index in [-0.39, 0.29) is 6.04 Å². The van der Waals surface area contributed by atoms with Crippen LogP contribution in [0, 0.1) is 26.7 Å². The molecule has 0 saturated heterocycles. The van der Waals surface area contributed by atoms with Crippen LogP contribution in [0.3, 0.4) is 0 Å². The summed E-state index contributed by atoms with van der Waals surface area (Å²) in [5.41, 5.74) is 11.4. The lowest BCUT2D eigenvalue weighted by Gasteiger charge is -2.19. The lowest BCUT2D eigenvalue weighted by Crippen LogP contribution is -2.22. The van der Waals surface area contributed by atoms with Crippen molar-refractivity contribution < 1.29 is 4.74 Å². The van der Waals surface area contributed by atoms with Crippen molar-refractivity contribution in [3.63, 3.8) is 0 Å². The van der Waals surface area contributed by atoms with Gasteiger partial charge in [0.25, 0.3) is 0 Å². The fraction of sp³-hybridized carbons (Fsp3) is 0.647. The Morgan fingerprint density at radius 1 is 1.26 bits per heavy atom. The smallest absolute Gasteiger partial charge is 0.125 e. The molecule has 0 radical (unpaired) electrons. The summed E-state index contributed by atoms with van der Waals surface area (Å²) in [5.74, 6) is 1.89. The van der Waals surface area contributed by atoms with E-state index in [1.807, 2.05) is 0 Å². The SMILES string of the molecule is CCC(N)Cc1cc(C)c(OCC2CC2)c(C)c1C. The zero-order chi connectivity index (χ0) is 14.0. The highest BCUT2D eigenvalue weighted by Gasteiger charge is 2.23. The molecule has 0 aliphatic heterocycles. The summed E-state index contributed by atoms with van der Waals surface area (Å²) in [6.45, 7) is 9.54. The molecular formula is C17H27NO. The molecule has 2 heteroatoms. The summed E-state index contributed by atoms with van der Waals surface area (Å²) in [5, 5.41) is 0. The fourth-order valence-corrected chi connectivity index (χ4v) is 2.49. The second kappa shape index (κ2) is 5.96. The van der Waals surface area contributed by atoms with Gasteiger partial charge in [-0.2, -0.15) is 0 Å².